The van der Waals surface area contributed by atoms with Gasteiger partial charge in [-0.3, -0.25) is 5.10 Å². The second-order valence-corrected chi connectivity index (χ2v) is 6.11. The van der Waals surface area contributed by atoms with Crippen LogP contribution in [-0.4, -0.2) is 25.3 Å². The fourth-order valence-electron chi connectivity index (χ4n) is 2.59. The van der Waals surface area contributed by atoms with Crippen molar-refractivity contribution in [3.05, 3.63) is 65.0 Å². The molecule has 1 atom stereocenters. The first-order chi connectivity index (χ1) is 12.5. The smallest absolute Gasteiger partial charge is 0.194 e. The van der Waals surface area contributed by atoms with Crippen LogP contribution >= 0.6 is 0 Å². The van der Waals surface area contributed by atoms with Crippen LogP contribution in [-0.2, 0) is 0 Å². The van der Waals surface area contributed by atoms with Crippen LogP contribution in [0.2, 0.25) is 0 Å². The van der Waals surface area contributed by atoms with Crippen LogP contribution in [0.4, 0.5) is 24.8 Å². The van der Waals surface area contributed by atoms with Gasteiger partial charge in [-0.15, -0.1) is 0 Å². The van der Waals surface area contributed by atoms with Crippen LogP contribution in [0.1, 0.15) is 41.9 Å². The van der Waals surface area contributed by atoms with E-state index in [1.165, 1.54) is 6.20 Å². The molecule has 1 aromatic carbocycles. The molecule has 3 N–H and O–H groups in total. The predicted molar refractivity (Wildman–Crippen MR) is 86.3 cm³/mol. The second kappa shape index (κ2) is 6.41. The fraction of sp³-hybridized carbons (Fsp3) is 0.235. The molecule has 26 heavy (non-hydrogen) atoms. The first-order valence-corrected chi connectivity index (χ1v) is 7.99. The third-order valence-corrected chi connectivity index (χ3v) is 4.11. The van der Waals surface area contributed by atoms with Crippen LogP contribution in [0.15, 0.2) is 30.5 Å². The van der Waals surface area contributed by atoms with Gasteiger partial charge in [0.15, 0.2) is 29.1 Å². The zero-order valence-corrected chi connectivity index (χ0v) is 13.4. The Morgan fingerprint density at radius 2 is 1.85 bits per heavy atom. The molecule has 2 aromatic heterocycles. The lowest BCUT2D eigenvalue weighted by molar-refractivity contribution is 0.208. The SMILES string of the molecule is OC(c1cc(F)c(F)c(F)c1)c1nccc(Nc2cc(C3CC3)[nH]n2)n1. The summed E-state index contributed by atoms with van der Waals surface area (Å²) in [5, 5.41) is 20.3. The highest BCUT2D eigenvalue weighted by molar-refractivity contribution is 5.52. The van der Waals surface area contributed by atoms with E-state index in [2.05, 4.69) is 25.5 Å². The Morgan fingerprint density at radius 1 is 1.12 bits per heavy atom. The number of rotatable bonds is 5. The van der Waals surface area contributed by atoms with Crippen molar-refractivity contribution in [2.24, 2.45) is 0 Å². The van der Waals surface area contributed by atoms with E-state index < -0.39 is 23.6 Å². The monoisotopic (exact) mass is 361 g/mol. The Bertz CT molecular complexity index is 934. The van der Waals surface area contributed by atoms with Gasteiger partial charge >= 0.3 is 0 Å². The van der Waals surface area contributed by atoms with Crippen LogP contribution < -0.4 is 5.32 Å². The highest BCUT2D eigenvalue weighted by atomic mass is 19.2. The standard InChI is InChI=1S/C17H14F3N5O/c18-10-5-9(6-11(19)15(10)20)16(26)17-21-4-3-13(23-17)22-14-7-12(24-25-14)8-1-2-8/h3-8,16,26H,1-2H2,(H2,21,22,23,24,25). The van der Waals surface area contributed by atoms with Gasteiger partial charge in [-0.2, -0.15) is 5.10 Å². The normalized spacial score (nSPS) is 15.1. The number of anilines is 2. The lowest BCUT2D eigenvalue weighted by Gasteiger charge is -2.11. The van der Waals surface area contributed by atoms with E-state index in [4.69, 9.17) is 0 Å². The fourth-order valence-corrected chi connectivity index (χ4v) is 2.59. The van der Waals surface area contributed by atoms with E-state index in [0.717, 1.165) is 18.5 Å². The molecule has 1 unspecified atom stereocenters. The van der Waals surface area contributed by atoms with Crippen molar-refractivity contribution in [3.63, 3.8) is 0 Å². The van der Waals surface area contributed by atoms with Crippen molar-refractivity contribution in [3.8, 4) is 0 Å². The highest BCUT2D eigenvalue weighted by Crippen LogP contribution is 2.39. The summed E-state index contributed by atoms with van der Waals surface area (Å²) < 4.78 is 39.8. The molecule has 0 amide bonds. The predicted octanol–water partition coefficient (Wildman–Crippen LogP) is 3.32. The molecule has 4 rings (SSSR count). The first kappa shape index (κ1) is 16.5. The number of hydrogen-bond donors (Lipinski definition) is 3. The van der Waals surface area contributed by atoms with Gasteiger partial charge in [0.2, 0.25) is 0 Å². The number of aliphatic hydroxyl groups excluding tert-OH is 1. The molecule has 9 heteroatoms. The van der Waals surface area contributed by atoms with E-state index in [9.17, 15) is 18.3 Å². The molecule has 0 radical (unpaired) electrons. The van der Waals surface area contributed by atoms with Crippen LogP contribution in [0.3, 0.4) is 0 Å². The molecule has 0 bridgehead atoms. The zero-order valence-electron chi connectivity index (χ0n) is 13.4. The van der Waals surface area contributed by atoms with Crippen molar-refractivity contribution in [2.75, 3.05) is 5.32 Å². The number of aromatic amines is 1. The van der Waals surface area contributed by atoms with E-state index in [1.807, 2.05) is 6.07 Å². The molecule has 0 aliphatic heterocycles. The Balaban J connectivity index is 1.56. The molecule has 1 fully saturated rings. The molecular formula is C17H14F3N5O. The first-order valence-electron chi connectivity index (χ1n) is 7.99. The van der Waals surface area contributed by atoms with Crippen LogP contribution in [0.5, 0.6) is 0 Å². The number of aromatic nitrogens is 4. The number of H-pyrrole nitrogens is 1. The van der Waals surface area contributed by atoms with Gasteiger partial charge in [-0.1, -0.05) is 0 Å². The number of aliphatic hydroxyl groups is 1. The number of hydrogen-bond acceptors (Lipinski definition) is 5. The van der Waals surface area contributed by atoms with E-state index in [0.29, 0.717) is 29.7 Å². The minimum absolute atomic E-state index is 0.0849. The number of nitrogens with one attached hydrogen (secondary N) is 2. The van der Waals surface area contributed by atoms with Gasteiger partial charge in [-0.05, 0) is 36.6 Å². The zero-order chi connectivity index (χ0) is 18.3. The topological polar surface area (TPSA) is 86.7 Å². The molecule has 6 nitrogen and oxygen atoms in total. The number of nitrogens with zero attached hydrogens (tertiary/aromatic N) is 3. The molecule has 0 saturated heterocycles. The summed E-state index contributed by atoms with van der Waals surface area (Å²) in [6, 6.07) is 4.86. The average molecular weight is 361 g/mol. The molecule has 2 heterocycles. The van der Waals surface area contributed by atoms with Gasteiger partial charge in [-0.25, -0.2) is 23.1 Å². The lowest BCUT2D eigenvalue weighted by atomic mass is 10.1. The summed E-state index contributed by atoms with van der Waals surface area (Å²) >= 11 is 0. The Labute approximate surface area is 146 Å². The van der Waals surface area contributed by atoms with Gasteiger partial charge in [0.05, 0.1) is 0 Å². The highest BCUT2D eigenvalue weighted by Gasteiger charge is 2.25. The average Bonchev–Trinajstić information content (AvgIpc) is 3.38. The molecule has 134 valence electrons. The Hall–Kier alpha value is -2.94. The molecule has 1 aliphatic carbocycles. The Kier molecular flexibility index (Phi) is 4.08. The van der Waals surface area contributed by atoms with Crippen LogP contribution in [0, 0.1) is 17.5 Å². The van der Waals surface area contributed by atoms with Gasteiger partial charge in [0, 0.05) is 23.9 Å². The maximum Gasteiger partial charge on any atom is 0.194 e. The summed E-state index contributed by atoms with van der Waals surface area (Å²) in [7, 11) is 0. The van der Waals surface area contributed by atoms with Gasteiger partial charge < -0.3 is 10.4 Å². The molecule has 1 saturated carbocycles. The largest absolute Gasteiger partial charge is 0.380 e. The quantitative estimate of drug-likeness (QED) is 0.607. The van der Waals surface area contributed by atoms with Crippen molar-refractivity contribution in [2.45, 2.75) is 24.9 Å². The van der Waals surface area contributed by atoms with Crippen molar-refractivity contribution in [1.29, 1.82) is 0 Å². The minimum Gasteiger partial charge on any atom is -0.380 e. The van der Waals surface area contributed by atoms with Crippen LogP contribution in [0.25, 0.3) is 0 Å². The molecule has 3 aromatic rings. The summed E-state index contributed by atoms with van der Waals surface area (Å²) in [6.45, 7) is 0. The van der Waals surface area contributed by atoms with Crippen molar-refractivity contribution >= 4 is 11.6 Å². The van der Waals surface area contributed by atoms with Gasteiger partial charge in [0.1, 0.15) is 11.9 Å². The Morgan fingerprint density at radius 3 is 2.54 bits per heavy atom. The third-order valence-electron chi connectivity index (χ3n) is 4.11. The van der Waals surface area contributed by atoms with Crippen molar-refractivity contribution < 1.29 is 18.3 Å². The van der Waals surface area contributed by atoms with E-state index in [1.54, 1.807) is 6.07 Å². The molecule has 0 spiro atoms. The number of benzene rings is 1. The molecule has 1 aliphatic rings. The summed E-state index contributed by atoms with van der Waals surface area (Å²) in [5.41, 5.74) is 0.855. The maximum atomic E-state index is 13.4. The molecular weight excluding hydrogens is 347 g/mol. The third kappa shape index (κ3) is 3.25. The lowest BCUT2D eigenvalue weighted by Crippen LogP contribution is -2.08. The van der Waals surface area contributed by atoms with Crippen molar-refractivity contribution in [1.82, 2.24) is 20.2 Å². The van der Waals surface area contributed by atoms with E-state index >= 15 is 0 Å². The minimum atomic E-state index is -1.60. The summed E-state index contributed by atoms with van der Waals surface area (Å²) in [5.74, 6) is -3.03. The summed E-state index contributed by atoms with van der Waals surface area (Å²) in [6.07, 6.45) is 2.15. The maximum absolute atomic E-state index is 13.4. The number of halogens is 3. The second-order valence-electron chi connectivity index (χ2n) is 6.11. The van der Waals surface area contributed by atoms with E-state index in [-0.39, 0.29) is 11.4 Å². The summed E-state index contributed by atoms with van der Waals surface area (Å²) in [4.78, 5) is 8.05. The van der Waals surface area contributed by atoms with Gasteiger partial charge in [0.25, 0.3) is 0 Å².